The number of halogens is 1. The SMILES string of the molecule is COCCCn1nc(-c2cncnc2)c2c(Cl)cc(CNC3CC3)cc21. The maximum absolute atomic E-state index is 6.68. The Morgan fingerprint density at radius 3 is 2.81 bits per heavy atom. The van der Waals surface area contributed by atoms with Gasteiger partial charge in [0.1, 0.15) is 12.0 Å². The van der Waals surface area contributed by atoms with Gasteiger partial charge in [-0.05, 0) is 37.0 Å². The molecule has 3 aromatic rings. The Morgan fingerprint density at radius 2 is 2.08 bits per heavy atom. The molecule has 0 spiro atoms. The number of hydrogen-bond acceptors (Lipinski definition) is 5. The van der Waals surface area contributed by atoms with Gasteiger partial charge in [0, 0.05) is 56.2 Å². The van der Waals surface area contributed by atoms with Crippen molar-refractivity contribution < 1.29 is 4.74 Å². The average molecular weight is 372 g/mol. The fourth-order valence-corrected chi connectivity index (χ4v) is 3.44. The molecule has 26 heavy (non-hydrogen) atoms. The van der Waals surface area contributed by atoms with Crippen LogP contribution in [-0.4, -0.2) is 39.5 Å². The Hall–Kier alpha value is -2.02. The number of aromatic nitrogens is 4. The van der Waals surface area contributed by atoms with Crippen LogP contribution in [0.5, 0.6) is 0 Å². The van der Waals surface area contributed by atoms with Gasteiger partial charge in [-0.2, -0.15) is 5.10 Å². The second-order valence-electron chi connectivity index (χ2n) is 6.67. The first-order valence-corrected chi connectivity index (χ1v) is 9.30. The molecule has 1 N–H and O–H groups in total. The molecule has 6 nitrogen and oxygen atoms in total. The van der Waals surface area contributed by atoms with Crippen LogP contribution in [0.2, 0.25) is 5.02 Å². The van der Waals surface area contributed by atoms with Gasteiger partial charge in [-0.1, -0.05) is 11.6 Å². The minimum absolute atomic E-state index is 0.660. The maximum Gasteiger partial charge on any atom is 0.115 e. The smallest absolute Gasteiger partial charge is 0.115 e. The molecule has 2 aromatic heterocycles. The van der Waals surface area contributed by atoms with E-state index in [2.05, 4.69) is 21.4 Å². The molecular weight excluding hydrogens is 350 g/mol. The van der Waals surface area contributed by atoms with E-state index in [4.69, 9.17) is 21.4 Å². The molecule has 0 saturated heterocycles. The lowest BCUT2D eigenvalue weighted by Gasteiger charge is -2.07. The molecule has 7 heteroatoms. The lowest BCUT2D eigenvalue weighted by molar-refractivity contribution is 0.189. The molecule has 1 saturated carbocycles. The van der Waals surface area contributed by atoms with Gasteiger partial charge in [0.15, 0.2) is 0 Å². The molecule has 0 aliphatic heterocycles. The molecule has 1 aliphatic rings. The first kappa shape index (κ1) is 17.4. The fourth-order valence-electron chi connectivity index (χ4n) is 3.11. The van der Waals surface area contributed by atoms with Crippen LogP contribution in [0.3, 0.4) is 0 Å². The monoisotopic (exact) mass is 371 g/mol. The third-order valence-electron chi connectivity index (χ3n) is 4.59. The third kappa shape index (κ3) is 3.72. The summed E-state index contributed by atoms with van der Waals surface area (Å²) < 4.78 is 7.21. The van der Waals surface area contributed by atoms with E-state index in [0.717, 1.165) is 41.7 Å². The number of nitrogens with one attached hydrogen (secondary N) is 1. The van der Waals surface area contributed by atoms with E-state index in [1.807, 2.05) is 10.7 Å². The fraction of sp³-hybridized carbons (Fsp3) is 0.421. The van der Waals surface area contributed by atoms with Crippen LogP contribution >= 0.6 is 11.6 Å². The second-order valence-corrected chi connectivity index (χ2v) is 7.08. The normalized spacial score (nSPS) is 14.2. The average Bonchev–Trinajstić information content (AvgIpc) is 3.42. The lowest BCUT2D eigenvalue weighted by atomic mass is 10.1. The van der Waals surface area contributed by atoms with Crippen molar-refractivity contribution in [1.82, 2.24) is 25.1 Å². The molecule has 4 rings (SSSR count). The Balaban J connectivity index is 1.75. The molecule has 136 valence electrons. The first-order chi connectivity index (χ1) is 12.8. The van der Waals surface area contributed by atoms with Crippen LogP contribution < -0.4 is 5.32 Å². The zero-order valence-corrected chi connectivity index (χ0v) is 15.5. The van der Waals surface area contributed by atoms with Crippen LogP contribution in [0.1, 0.15) is 24.8 Å². The van der Waals surface area contributed by atoms with E-state index in [1.165, 1.54) is 24.7 Å². The maximum atomic E-state index is 6.68. The number of nitrogens with zero attached hydrogens (tertiary/aromatic N) is 4. The van der Waals surface area contributed by atoms with Crippen LogP contribution in [0, 0.1) is 0 Å². The highest BCUT2D eigenvalue weighted by Gasteiger charge is 2.21. The number of hydrogen-bond donors (Lipinski definition) is 1. The summed E-state index contributed by atoms with van der Waals surface area (Å²) in [5.41, 5.74) is 3.91. The molecule has 0 amide bonds. The minimum Gasteiger partial charge on any atom is -0.385 e. The quantitative estimate of drug-likeness (QED) is 0.614. The highest BCUT2D eigenvalue weighted by molar-refractivity contribution is 6.36. The van der Waals surface area contributed by atoms with Gasteiger partial charge in [-0.15, -0.1) is 0 Å². The van der Waals surface area contributed by atoms with Crippen molar-refractivity contribution in [2.75, 3.05) is 13.7 Å². The molecule has 1 aromatic carbocycles. The number of fused-ring (bicyclic) bond motifs is 1. The van der Waals surface area contributed by atoms with E-state index in [1.54, 1.807) is 19.5 Å². The molecule has 2 heterocycles. The Labute approximate surface area is 157 Å². The van der Waals surface area contributed by atoms with E-state index in [0.29, 0.717) is 17.7 Å². The highest BCUT2D eigenvalue weighted by Crippen LogP contribution is 2.34. The van der Waals surface area contributed by atoms with Gasteiger partial charge < -0.3 is 10.1 Å². The van der Waals surface area contributed by atoms with Gasteiger partial charge in [0.25, 0.3) is 0 Å². The number of benzene rings is 1. The molecule has 1 aliphatic carbocycles. The Bertz CT molecular complexity index is 892. The first-order valence-electron chi connectivity index (χ1n) is 8.93. The van der Waals surface area contributed by atoms with E-state index < -0.39 is 0 Å². The Kier molecular flexibility index (Phi) is 5.15. The van der Waals surface area contributed by atoms with Gasteiger partial charge in [-0.3, -0.25) is 4.68 Å². The summed E-state index contributed by atoms with van der Waals surface area (Å²) in [6.07, 6.45) is 8.48. The zero-order valence-electron chi connectivity index (χ0n) is 14.8. The summed E-state index contributed by atoms with van der Waals surface area (Å²) in [6, 6.07) is 4.88. The lowest BCUT2D eigenvalue weighted by Crippen LogP contribution is -2.15. The molecule has 0 unspecified atom stereocenters. The topological polar surface area (TPSA) is 64.9 Å². The van der Waals surface area contributed by atoms with Crippen molar-refractivity contribution >= 4 is 22.5 Å². The van der Waals surface area contributed by atoms with Crippen LogP contribution in [0.4, 0.5) is 0 Å². The molecule has 0 bridgehead atoms. The Morgan fingerprint density at radius 1 is 1.27 bits per heavy atom. The van der Waals surface area contributed by atoms with E-state index in [9.17, 15) is 0 Å². The van der Waals surface area contributed by atoms with Crippen molar-refractivity contribution in [1.29, 1.82) is 0 Å². The summed E-state index contributed by atoms with van der Waals surface area (Å²) >= 11 is 6.68. The predicted molar refractivity (Wildman–Crippen MR) is 102 cm³/mol. The number of ether oxygens (including phenoxy) is 1. The number of rotatable bonds is 8. The van der Waals surface area contributed by atoms with Gasteiger partial charge in [0.05, 0.1) is 10.5 Å². The van der Waals surface area contributed by atoms with Crippen molar-refractivity contribution in [2.45, 2.75) is 38.4 Å². The zero-order chi connectivity index (χ0) is 17.9. The largest absolute Gasteiger partial charge is 0.385 e. The highest BCUT2D eigenvalue weighted by atomic mass is 35.5. The van der Waals surface area contributed by atoms with Gasteiger partial charge in [-0.25, -0.2) is 9.97 Å². The van der Waals surface area contributed by atoms with Crippen molar-refractivity contribution in [3.05, 3.63) is 41.4 Å². The summed E-state index contributed by atoms with van der Waals surface area (Å²) in [5.74, 6) is 0. The van der Waals surface area contributed by atoms with Crippen molar-refractivity contribution in [3.8, 4) is 11.3 Å². The molecule has 1 fully saturated rings. The van der Waals surface area contributed by atoms with Crippen LogP contribution in [0.25, 0.3) is 22.2 Å². The second kappa shape index (κ2) is 7.70. The van der Waals surface area contributed by atoms with Crippen molar-refractivity contribution in [3.63, 3.8) is 0 Å². The summed E-state index contributed by atoms with van der Waals surface area (Å²) in [6.45, 7) is 2.29. The summed E-state index contributed by atoms with van der Waals surface area (Å²) in [4.78, 5) is 8.24. The number of aryl methyl sites for hydroxylation is 1. The van der Waals surface area contributed by atoms with E-state index >= 15 is 0 Å². The van der Waals surface area contributed by atoms with Gasteiger partial charge >= 0.3 is 0 Å². The van der Waals surface area contributed by atoms with Crippen molar-refractivity contribution in [2.24, 2.45) is 0 Å². The summed E-state index contributed by atoms with van der Waals surface area (Å²) in [5, 5.41) is 10.0. The number of methoxy groups -OCH3 is 1. The summed E-state index contributed by atoms with van der Waals surface area (Å²) in [7, 11) is 1.71. The predicted octanol–water partition coefficient (Wildman–Crippen LogP) is 3.44. The minimum atomic E-state index is 0.660. The third-order valence-corrected chi connectivity index (χ3v) is 4.89. The molecule has 0 atom stereocenters. The molecular formula is C19H22ClN5O. The molecule has 0 radical (unpaired) electrons. The van der Waals surface area contributed by atoms with Gasteiger partial charge in [0.2, 0.25) is 0 Å². The van der Waals surface area contributed by atoms with E-state index in [-0.39, 0.29) is 0 Å². The standard InChI is InChI=1S/C19H22ClN5O/c1-26-6-2-5-25-17-8-13(9-23-15-3-4-15)7-16(20)18(17)19(24-25)14-10-21-12-22-11-14/h7-8,10-12,15,23H,2-6,9H2,1H3. The van der Waals surface area contributed by atoms with Crippen LogP contribution in [0.15, 0.2) is 30.9 Å². The van der Waals surface area contributed by atoms with Crippen LogP contribution in [-0.2, 0) is 17.8 Å².